The molecule has 20 nitrogen and oxygen atoms in total. The predicted octanol–water partition coefficient (Wildman–Crippen LogP) is 5.20. The minimum atomic E-state index is -2.19. The Labute approximate surface area is 476 Å². The average Bonchev–Trinajstić information content (AvgIpc) is 3.99. The lowest BCUT2D eigenvalue weighted by atomic mass is 9.85. The van der Waals surface area contributed by atoms with E-state index in [2.05, 4.69) is 67.2 Å². The van der Waals surface area contributed by atoms with Crippen LogP contribution in [0.15, 0.2) is 135 Å². The molecule has 0 radical (unpaired) electrons. The number of hydrogen-bond acceptors (Lipinski definition) is 16. The Balaban J connectivity index is 0.000000204. The van der Waals surface area contributed by atoms with Gasteiger partial charge in [0.1, 0.15) is 28.4 Å². The topological polar surface area (TPSA) is 277 Å². The van der Waals surface area contributed by atoms with E-state index in [1.54, 1.807) is 72.8 Å². The summed E-state index contributed by atoms with van der Waals surface area (Å²) < 4.78 is 37.6. The van der Waals surface area contributed by atoms with Crippen LogP contribution in [0.5, 0.6) is 0 Å². The van der Waals surface area contributed by atoms with Crippen LogP contribution in [0.4, 0.5) is 0 Å². The molecule has 0 bridgehead atoms. The Morgan fingerprint density at radius 2 is 1.00 bits per heavy atom. The monoisotopic (exact) mass is 1160 g/mol. The molecule has 3 aliphatic heterocycles. The van der Waals surface area contributed by atoms with Gasteiger partial charge in [0.15, 0.2) is 18.1 Å². The van der Waals surface area contributed by atoms with E-state index in [1.807, 2.05) is 56.8 Å². The molecular weight excluding hydrogens is 1090 g/mol. The van der Waals surface area contributed by atoms with Gasteiger partial charge in [-0.15, -0.1) is 17.5 Å². The summed E-state index contributed by atoms with van der Waals surface area (Å²) in [6.07, 6.45) is 2.14. The van der Waals surface area contributed by atoms with Gasteiger partial charge in [-0.05, 0) is 49.2 Å². The van der Waals surface area contributed by atoms with Crippen molar-refractivity contribution in [3.05, 3.63) is 174 Å². The van der Waals surface area contributed by atoms with Gasteiger partial charge in [0.2, 0.25) is 11.2 Å². The van der Waals surface area contributed by atoms with Gasteiger partial charge < -0.3 is 43.7 Å². The molecule has 3 saturated heterocycles. The maximum Gasteiger partial charge on any atom is 0.340 e. The Hall–Kier alpha value is -7.70. The van der Waals surface area contributed by atoms with E-state index >= 15 is 0 Å². The number of aromatic amines is 2. The van der Waals surface area contributed by atoms with Gasteiger partial charge in [-0.2, -0.15) is 0 Å². The summed E-state index contributed by atoms with van der Waals surface area (Å²) >= 11 is 0. The second-order valence-electron chi connectivity index (χ2n) is 22.0. The molecule has 1 unspecified atom stereocenters. The maximum absolute atomic E-state index is 13.1. The lowest BCUT2D eigenvalue weighted by molar-refractivity contribution is -0.156. The zero-order valence-electron chi connectivity index (χ0n) is 47.4. The van der Waals surface area contributed by atoms with E-state index in [9.17, 15) is 43.8 Å². The summed E-state index contributed by atoms with van der Waals surface area (Å²) in [5.74, 6) is 6.20. The number of H-pyrrole nitrogens is 2. The maximum atomic E-state index is 13.1. The molecule has 3 aromatic carbocycles. The number of terminal acetylenes is 1. The number of benzene rings is 3. The van der Waals surface area contributed by atoms with Crippen molar-refractivity contribution in [2.75, 3.05) is 6.61 Å². The third-order valence-corrected chi connectivity index (χ3v) is 15.5. The van der Waals surface area contributed by atoms with Gasteiger partial charge in [-0.1, -0.05) is 139 Å². The first-order valence-corrected chi connectivity index (χ1v) is 33.7. The Morgan fingerprint density at radius 1 is 0.610 bits per heavy atom. The summed E-state index contributed by atoms with van der Waals surface area (Å²) in [6, 6.07) is 28.4. The van der Waals surface area contributed by atoms with Crippen molar-refractivity contribution in [3.8, 4) is 35.3 Å². The smallest absolute Gasteiger partial charge is 0.340 e. The Kier molecular flexibility index (Phi) is 20.5. The van der Waals surface area contributed by atoms with E-state index in [4.69, 9.17) is 40.0 Å². The van der Waals surface area contributed by atoms with Crippen molar-refractivity contribution in [3.63, 3.8) is 0 Å². The molecule has 0 aliphatic carbocycles. The number of aliphatic hydroxyl groups is 3. The molecule has 22 heteroatoms. The number of aliphatic hydroxyl groups excluding tert-OH is 2. The van der Waals surface area contributed by atoms with Crippen LogP contribution in [-0.2, 0) is 28.4 Å². The number of aromatic nitrogens is 4. The second kappa shape index (κ2) is 26.5. The SMILES string of the molecule is C#C[C@@]1(O)[C@H](O)[C@@H](CO)O[C@H]1n1ccc(=O)[nH]c1=O.CC[C@H]1OC(OC(=O)c2ccccc2)[C@](C#C[Si](C)(C)C)(OC(=O)c2ccccc2)[C@@H]1C.CC[C@H]1O[C@@H](n2ccc(=O)[nH]c2=O)[C@](C#C[Si](C)(C)C)(OC(=O)c2ccccc2)[C@@H]1C. The van der Waals surface area contributed by atoms with Crippen LogP contribution in [0.2, 0.25) is 39.3 Å². The minimum Gasteiger partial charge on any atom is -0.437 e. The highest BCUT2D eigenvalue weighted by molar-refractivity contribution is 6.84. The van der Waals surface area contributed by atoms with Crippen molar-refractivity contribution in [1.82, 2.24) is 19.1 Å². The summed E-state index contributed by atoms with van der Waals surface area (Å²) in [4.78, 5) is 90.1. The number of hydrogen-bond donors (Lipinski definition) is 5. The van der Waals surface area contributed by atoms with Crippen LogP contribution in [0.1, 0.15) is 84.1 Å². The first kappa shape index (κ1) is 63.5. The van der Waals surface area contributed by atoms with Gasteiger partial charge in [0, 0.05) is 36.4 Å². The highest BCUT2D eigenvalue weighted by Crippen LogP contribution is 2.47. The van der Waals surface area contributed by atoms with Crippen molar-refractivity contribution < 1.29 is 58.1 Å². The van der Waals surface area contributed by atoms with Crippen LogP contribution in [0, 0.1) is 47.1 Å². The number of carbonyl (C=O) groups excluding carboxylic acids is 3. The van der Waals surface area contributed by atoms with Gasteiger partial charge in [0.05, 0.1) is 35.5 Å². The van der Waals surface area contributed by atoms with E-state index in [0.29, 0.717) is 29.5 Å². The van der Waals surface area contributed by atoms with Gasteiger partial charge in [-0.25, -0.2) is 24.0 Å². The number of rotatable bonds is 11. The molecule has 3 fully saturated rings. The fourth-order valence-corrected chi connectivity index (χ4v) is 10.3. The van der Waals surface area contributed by atoms with Crippen LogP contribution in [-0.4, -0.2) is 123 Å². The van der Waals surface area contributed by atoms with Crippen LogP contribution in [0.25, 0.3) is 0 Å². The standard InChI is InChI=1S/C26H30O5Si.C23H28N2O5Si.C11H12N2O6/c1-6-22-19(2)26(17-18-32(3,4)5,31-24(28)21-15-11-8-12-16-21)25(29-22)30-23(27)20-13-9-7-10-14-20;1-6-18-16(2)23(13-15-31(3,4)5,30-20(27)17-10-8-7-9-11-17)21(29-18)25-14-12-19(26)24-22(25)28;1-2-11(18)8(16)6(5-14)19-9(11)13-4-3-7(15)12-10(13)17/h7-16,19,22,25H,6H2,1-5H3;7-12,14,16,18,21H,6H2,1-5H3,(H,24,26,28);1,3-4,6,8-9,14,16,18H,5H2,(H,12,15,17)/t19-,22-,25?,26-;16-,18-,21-,23-;6-,8-,9-,11-/m111/s1. The van der Waals surface area contributed by atoms with E-state index in [1.165, 1.54) is 16.8 Å². The van der Waals surface area contributed by atoms with Crippen molar-refractivity contribution in [2.24, 2.45) is 11.8 Å². The lowest BCUT2D eigenvalue weighted by Crippen LogP contribution is -2.49. The van der Waals surface area contributed by atoms with Crippen molar-refractivity contribution >= 4 is 34.1 Å². The lowest BCUT2D eigenvalue weighted by Gasteiger charge is -2.33. The fraction of sp³-hybridized carbons (Fsp3) is 0.417. The van der Waals surface area contributed by atoms with E-state index in [0.717, 1.165) is 16.8 Å². The highest BCUT2D eigenvalue weighted by atomic mass is 28.3. The molecule has 82 heavy (non-hydrogen) atoms. The number of nitrogens with one attached hydrogen (secondary N) is 2. The summed E-state index contributed by atoms with van der Waals surface area (Å²) in [6.45, 7) is 19.8. The summed E-state index contributed by atoms with van der Waals surface area (Å²) in [5, 5.41) is 29.1. The third-order valence-electron chi connectivity index (χ3n) is 13.7. The molecule has 8 rings (SSSR count). The Bertz CT molecular complexity index is 3480. The molecule has 0 spiro atoms. The second-order valence-corrected chi connectivity index (χ2v) is 31.5. The number of nitrogens with zero attached hydrogens (tertiary/aromatic N) is 2. The average molecular weight is 1160 g/mol. The van der Waals surface area contributed by atoms with E-state index < -0.39 is 111 Å². The number of esters is 3. The molecule has 0 amide bonds. The molecular formula is C60H70N4O16Si2. The zero-order valence-corrected chi connectivity index (χ0v) is 49.4. The van der Waals surface area contributed by atoms with Gasteiger partial charge in [-0.3, -0.25) is 28.7 Å². The van der Waals surface area contributed by atoms with Crippen molar-refractivity contribution in [2.45, 2.75) is 140 Å². The first-order valence-electron chi connectivity index (χ1n) is 26.7. The summed E-state index contributed by atoms with van der Waals surface area (Å²) in [7, 11) is -3.72. The third kappa shape index (κ3) is 14.5. The molecule has 3 aliphatic rings. The quantitative estimate of drug-likeness (QED) is 0.0492. The molecule has 5 aromatic rings. The Morgan fingerprint density at radius 3 is 1.41 bits per heavy atom. The molecule has 434 valence electrons. The first-order chi connectivity index (χ1) is 38.7. The van der Waals surface area contributed by atoms with Gasteiger partial charge >= 0.3 is 29.3 Å². The molecule has 0 saturated carbocycles. The van der Waals surface area contributed by atoms with Gasteiger partial charge in [0.25, 0.3) is 17.4 Å². The largest absolute Gasteiger partial charge is 0.437 e. The number of ether oxygens (including phenoxy) is 6. The normalized spacial score (nSPS) is 27.2. The molecule has 5 heterocycles. The number of carbonyl (C=O) groups is 3. The highest BCUT2D eigenvalue weighted by Gasteiger charge is 2.60. The van der Waals surface area contributed by atoms with Crippen LogP contribution < -0.4 is 22.5 Å². The molecule has 2 aromatic heterocycles. The predicted molar refractivity (Wildman–Crippen MR) is 308 cm³/mol. The molecule has 12 atom stereocenters. The molecule has 5 N–H and O–H groups in total. The zero-order chi connectivity index (χ0) is 60.4. The van der Waals surface area contributed by atoms with Crippen LogP contribution in [0.3, 0.4) is 0 Å². The van der Waals surface area contributed by atoms with Crippen LogP contribution >= 0.6 is 0 Å². The van der Waals surface area contributed by atoms with Crippen molar-refractivity contribution in [1.29, 1.82) is 0 Å². The minimum absolute atomic E-state index is 0.275. The fourth-order valence-electron chi connectivity index (χ4n) is 9.18. The van der Waals surface area contributed by atoms with E-state index in [-0.39, 0.29) is 24.0 Å². The summed E-state index contributed by atoms with van der Waals surface area (Å²) in [5.41, 5.74) is 0.204.